The van der Waals surface area contributed by atoms with Crippen molar-refractivity contribution in [2.75, 3.05) is 5.32 Å². The number of aromatic hydroxyl groups is 1. The minimum Gasteiger partial charge on any atom is -0.505 e. The zero-order valence-corrected chi connectivity index (χ0v) is 15.5. The van der Waals surface area contributed by atoms with Crippen LogP contribution in [0.4, 0.5) is 5.82 Å². The van der Waals surface area contributed by atoms with Gasteiger partial charge >= 0.3 is 0 Å². The fourth-order valence-corrected chi connectivity index (χ4v) is 3.30. The fraction of sp³-hybridized carbons (Fsp3) is 0.0500. The third-order valence-corrected chi connectivity index (χ3v) is 5.03. The van der Waals surface area contributed by atoms with Gasteiger partial charge in [-0.1, -0.05) is 47.5 Å². The number of hydrogen-bond acceptors (Lipinski definition) is 5. The maximum Gasteiger partial charge on any atom is 0.147 e. The second-order valence-electron chi connectivity index (χ2n) is 5.90. The molecule has 4 aromatic rings. The maximum absolute atomic E-state index is 10.9. The molecule has 0 bridgehead atoms. The number of benzene rings is 1. The lowest BCUT2D eigenvalue weighted by atomic mass is 9.97. The number of halogens is 2. The quantitative estimate of drug-likeness (QED) is 0.493. The van der Waals surface area contributed by atoms with E-state index >= 15 is 0 Å². The van der Waals surface area contributed by atoms with Crippen LogP contribution in [0.5, 0.6) is 5.75 Å². The van der Waals surface area contributed by atoms with Crippen LogP contribution in [0.2, 0.25) is 10.0 Å². The number of phenolic OH excluding ortho intramolecular Hbond substituents is 1. The largest absolute Gasteiger partial charge is 0.505 e. The van der Waals surface area contributed by atoms with E-state index in [-0.39, 0.29) is 5.75 Å². The van der Waals surface area contributed by atoms with Crippen LogP contribution in [0.15, 0.2) is 67.3 Å². The lowest BCUT2D eigenvalue weighted by Crippen LogP contribution is -2.14. The Morgan fingerprint density at radius 2 is 1.74 bits per heavy atom. The van der Waals surface area contributed by atoms with Crippen molar-refractivity contribution < 1.29 is 5.11 Å². The van der Waals surface area contributed by atoms with E-state index in [2.05, 4.69) is 20.3 Å². The second kappa shape index (κ2) is 7.39. The monoisotopic (exact) mass is 396 g/mol. The first-order chi connectivity index (χ1) is 13.1. The topological polar surface area (TPSA) is 70.9 Å². The van der Waals surface area contributed by atoms with Gasteiger partial charge < -0.3 is 10.4 Å². The summed E-state index contributed by atoms with van der Waals surface area (Å²) in [5, 5.41) is 15.7. The number of hydrogen-bond donors (Lipinski definition) is 2. The number of fused-ring (bicyclic) bond motifs is 1. The van der Waals surface area contributed by atoms with Crippen LogP contribution in [-0.4, -0.2) is 20.1 Å². The zero-order chi connectivity index (χ0) is 18.8. The number of rotatable bonds is 4. The second-order valence-corrected chi connectivity index (χ2v) is 6.68. The summed E-state index contributed by atoms with van der Waals surface area (Å²) >= 11 is 12.6. The maximum atomic E-state index is 10.9. The van der Waals surface area contributed by atoms with Gasteiger partial charge in [0.2, 0.25) is 0 Å². The van der Waals surface area contributed by atoms with Crippen molar-refractivity contribution in [1.82, 2.24) is 15.0 Å². The predicted octanol–water partition coefficient (Wildman–Crippen LogP) is 5.24. The van der Waals surface area contributed by atoms with Gasteiger partial charge in [-0.2, -0.15) is 0 Å². The molecular formula is C20H14Cl2N4O. The Morgan fingerprint density at radius 1 is 0.889 bits per heavy atom. The Labute approximate surface area is 165 Å². The molecule has 134 valence electrons. The molecule has 1 unspecified atom stereocenters. The normalized spacial score (nSPS) is 12.1. The summed E-state index contributed by atoms with van der Waals surface area (Å²) in [4.78, 5) is 12.8. The van der Waals surface area contributed by atoms with E-state index in [1.165, 1.54) is 6.20 Å². The molecule has 3 aromatic heterocycles. The van der Waals surface area contributed by atoms with Gasteiger partial charge in [0.05, 0.1) is 16.1 Å². The van der Waals surface area contributed by atoms with Crippen molar-refractivity contribution in [2.24, 2.45) is 0 Å². The van der Waals surface area contributed by atoms with Gasteiger partial charge in [-0.3, -0.25) is 9.97 Å². The van der Waals surface area contributed by atoms with Crippen LogP contribution >= 0.6 is 23.2 Å². The van der Waals surface area contributed by atoms with E-state index in [9.17, 15) is 5.11 Å². The average molecular weight is 397 g/mol. The molecule has 1 aromatic carbocycles. The van der Waals surface area contributed by atoms with Crippen LogP contribution in [0.25, 0.3) is 10.9 Å². The van der Waals surface area contributed by atoms with E-state index < -0.39 is 6.04 Å². The highest BCUT2D eigenvalue weighted by Crippen LogP contribution is 2.39. The molecule has 0 aliphatic carbocycles. The molecular weight excluding hydrogens is 383 g/mol. The SMILES string of the molecule is Oc1c(C(Nc2ccccn2)c2cncc(Cl)c2Cl)ccc2cccnc12. The van der Waals surface area contributed by atoms with Crippen LogP contribution < -0.4 is 5.32 Å². The van der Waals surface area contributed by atoms with E-state index in [1.54, 1.807) is 18.6 Å². The molecule has 0 aliphatic rings. The van der Waals surface area contributed by atoms with E-state index in [0.717, 1.165) is 5.39 Å². The fourth-order valence-electron chi connectivity index (χ4n) is 2.93. The summed E-state index contributed by atoms with van der Waals surface area (Å²) in [5.74, 6) is 0.691. The first-order valence-corrected chi connectivity index (χ1v) is 8.94. The molecule has 3 heterocycles. The molecule has 1 atom stereocenters. The Bertz CT molecular complexity index is 1110. The number of anilines is 1. The molecule has 0 fully saturated rings. The summed E-state index contributed by atoms with van der Waals surface area (Å²) in [6, 6.07) is 12.4. The molecule has 0 saturated carbocycles. The van der Waals surface area contributed by atoms with Gasteiger partial charge in [0.1, 0.15) is 17.1 Å². The smallest absolute Gasteiger partial charge is 0.147 e. The molecule has 5 nitrogen and oxygen atoms in total. The predicted molar refractivity (Wildman–Crippen MR) is 107 cm³/mol. The van der Waals surface area contributed by atoms with E-state index in [1.807, 2.05) is 42.5 Å². The first-order valence-electron chi connectivity index (χ1n) is 8.18. The zero-order valence-electron chi connectivity index (χ0n) is 14.0. The van der Waals surface area contributed by atoms with Gasteiger partial charge in [0.15, 0.2) is 0 Å². The van der Waals surface area contributed by atoms with Crippen LogP contribution in [0, 0.1) is 0 Å². The van der Waals surface area contributed by atoms with Crippen LogP contribution in [0.1, 0.15) is 17.2 Å². The molecule has 0 saturated heterocycles. The van der Waals surface area contributed by atoms with Crippen molar-refractivity contribution in [3.8, 4) is 5.75 Å². The number of nitrogens with zero attached hydrogens (tertiary/aromatic N) is 3. The van der Waals surface area contributed by atoms with Gasteiger partial charge in [-0.25, -0.2) is 4.98 Å². The number of pyridine rings is 3. The van der Waals surface area contributed by atoms with Gasteiger partial charge in [-0.15, -0.1) is 0 Å². The van der Waals surface area contributed by atoms with Gasteiger partial charge in [0, 0.05) is 41.3 Å². The lowest BCUT2D eigenvalue weighted by molar-refractivity contribution is 0.471. The van der Waals surface area contributed by atoms with Crippen molar-refractivity contribution in [3.05, 3.63) is 88.4 Å². The highest BCUT2D eigenvalue weighted by atomic mass is 35.5. The Morgan fingerprint density at radius 3 is 2.56 bits per heavy atom. The minimum atomic E-state index is -0.523. The molecule has 4 rings (SSSR count). The standard InChI is InChI=1S/C20H14Cl2N4O/c21-15-11-23-10-14(17(15)22)19(26-16-5-1-2-8-24-16)13-7-6-12-4-3-9-25-18(12)20(13)27/h1-11,19,27H,(H,24,26). The van der Waals surface area contributed by atoms with Crippen molar-refractivity contribution in [2.45, 2.75) is 6.04 Å². The van der Waals surface area contributed by atoms with Crippen molar-refractivity contribution in [1.29, 1.82) is 0 Å². The Hall–Kier alpha value is -2.89. The molecule has 0 spiro atoms. The van der Waals surface area contributed by atoms with Crippen molar-refractivity contribution in [3.63, 3.8) is 0 Å². The van der Waals surface area contributed by atoms with Crippen molar-refractivity contribution >= 4 is 39.9 Å². The van der Waals surface area contributed by atoms with E-state index in [4.69, 9.17) is 23.2 Å². The summed E-state index contributed by atoms with van der Waals surface area (Å²) in [5.41, 5.74) is 1.73. The third-order valence-electron chi connectivity index (χ3n) is 4.22. The molecule has 0 aliphatic heterocycles. The minimum absolute atomic E-state index is 0.0672. The highest BCUT2D eigenvalue weighted by molar-refractivity contribution is 6.42. The summed E-state index contributed by atoms with van der Waals surface area (Å²) < 4.78 is 0. The van der Waals surface area contributed by atoms with Crippen LogP contribution in [0.3, 0.4) is 0 Å². The summed E-state index contributed by atoms with van der Waals surface area (Å²) in [6.07, 6.45) is 6.42. The van der Waals surface area contributed by atoms with Gasteiger partial charge in [-0.05, 0) is 18.2 Å². The molecule has 7 heteroatoms. The highest BCUT2D eigenvalue weighted by Gasteiger charge is 2.23. The molecule has 27 heavy (non-hydrogen) atoms. The number of phenols is 1. The number of nitrogens with one attached hydrogen (secondary N) is 1. The Kier molecular flexibility index (Phi) is 4.79. The first kappa shape index (κ1) is 17.5. The molecule has 2 N–H and O–H groups in total. The summed E-state index contributed by atoms with van der Waals surface area (Å²) in [6.45, 7) is 0. The van der Waals surface area contributed by atoms with E-state index in [0.29, 0.717) is 32.5 Å². The molecule has 0 radical (unpaired) electrons. The average Bonchev–Trinajstić information content (AvgIpc) is 2.70. The number of aromatic nitrogens is 3. The van der Waals surface area contributed by atoms with Gasteiger partial charge in [0.25, 0.3) is 0 Å². The lowest BCUT2D eigenvalue weighted by Gasteiger charge is -2.22. The third kappa shape index (κ3) is 3.39. The van der Waals surface area contributed by atoms with Crippen LogP contribution in [-0.2, 0) is 0 Å². The Balaban J connectivity index is 1.90. The summed E-state index contributed by atoms with van der Waals surface area (Å²) in [7, 11) is 0. The molecule has 0 amide bonds.